The summed E-state index contributed by atoms with van der Waals surface area (Å²) in [6, 6.07) is 0.563. The first-order chi connectivity index (χ1) is 7.72. The fraction of sp³-hybridized carbons (Fsp3) is 0.727. The Kier molecular flexibility index (Phi) is 4.34. The van der Waals surface area contributed by atoms with Gasteiger partial charge in [-0.2, -0.15) is 0 Å². The third-order valence-electron chi connectivity index (χ3n) is 3.06. The minimum atomic E-state index is 0.457. The van der Waals surface area contributed by atoms with Crippen LogP contribution in [-0.2, 0) is 5.88 Å². The second kappa shape index (κ2) is 5.56. The molecular formula is C11H16Cl2N2S. The summed E-state index contributed by atoms with van der Waals surface area (Å²) in [4.78, 5) is 7.78. The van der Waals surface area contributed by atoms with Gasteiger partial charge in [-0.1, -0.05) is 35.8 Å². The molecule has 0 radical (unpaired) electrons. The molecule has 2 nitrogen and oxygen atoms in total. The largest absolute Gasteiger partial charge is 0.345 e. The lowest BCUT2D eigenvalue weighted by atomic mass is 10.1. The van der Waals surface area contributed by atoms with Gasteiger partial charge in [0.1, 0.15) is 5.15 Å². The molecule has 1 atom stereocenters. The average Bonchev–Trinajstić information content (AvgIpc) is 2.50. The Morgan fingerprint density at radius 2 is 2.25 bits per heavy atom. The van der Waals surface area contributed by atoms with Crippen LogP contribution in [-0.4, -0.2) is 17.6 Å². The van der Waals surface area contributed by atoms with E-state index in [4.69, 9.17) is 23.2 Å². The molecule has 1 unspecified atom stereocenters. The summed E-state index contributed by atoms with van der Waals surface area (Å²) in [6.45, 7) is 3.35. The van der Waals surface area contributed by atoms with Crippen LogP contribution in [0, 0.1) is 0 Å². The zero-order valence-corrected chi connectivity index (χ0v) is 11.7. The van der Waals surface area contributed by atoms with Gasteiger partial charge in [-0.3, -0.25) is 0 Å². The van der Waals surface area contributed by atoms with Gasteiger partial charge in [-0.05, 0) is 19.8 Å². The maximum atomic E-state index is 6.04. The molecule has 2 rings (SSSR count). The van der Waals surface area contributed by atoms with Crippen LogP contribution in [0.4, 0.5) is 5.13 Å². The van der Waals surface area contributed by atoms with Crippen molar-refractivity contribution in [1.29, 1.82) is 0 Å². The highest BCUT2D eigenvalue weighted by Gasteiger charge is 2.21. The maximum absolute atomic E-state index is 6.04. The Hall–Kier alpha value is 0.01000. The molecule has 1 aliphatic rings. The summed E-state index contributed by atoms with van der Waals surface area (Å²) in [5.74, 6) is 0.457. The standard InChI is InChI=1S/C11H16Cl2N2S/c1-8-5-3-2-4-6-15(8)11-14-10(13)9(7-12)16-11/h8H,2-7H2,1H3. The molecule has 90 valence electrons. The third-order valence-corrected chi connectivity index (χ3v) is 5.00. The van der Waals surface area contributed by atoms with E-state index in [2.05, 4.69) is 16.8 Å². The molecule has 0 aliphatic carbocycles. The molecule has 1 aliphatic heterocycles. The van der Waals surface area contributed by atoms with E-state index in [9.17, 15) is 0 Å². The number of rotatable bonds is 2. The normalized spacial score (nSPS) is 22.2. The number of alkyl halides is 1. The van der Waals surface area contributed by atoms with Crippen LogP contribution in [0.3, 0.4) is 0 Å². The molecule has 1 saturated heterocycles. The van der Waals surface area contributed by atoms with Crippen molar-refractivity contribution >= 4 is 39.7 Å². The lowest BCUT2D eigenvalue weighted by Crippen LogP contribution is -2.32. The quantitative estimate of drug-likeness (QED) is 0.750. The molecule has 5 heteroatoms. The van der Waals surface area contributed by atoms with Crippen LogP contribution in [0.15, 0.2) is 0 Å². The summed E-state index contributed by atoms with van der Waals surface area (Å²) >= 11 is 13.5. The van der Waals surface area contributed by atoms with Gasteiger partial charge in [0, 0.05) is 12.6 Å². The zero-order chi connectivity index (χ0) is 11.5. The lowest BCUT2D eigenvalue weighted by molar-refractivity contribution is 0.615. The van der Waals surface area contributed by atoms with E-state index in [-0.39, 0.29) is 0 Å². The summed E-state index contributed by atoms with van der Waals surface area (Å²) in [5.41, 5.74) is 0. The van der Waals surface area contributed by atoms with Crippen molar-refractivity contribution in [2.45, 2.75) is 44.5 Å². The van der Waals surface area contributed by atoms with Gasteiger partial charge in [0.15, 0.2) is 5.13 Å². The monoisotopic (exact) mass is 278 g/mol. The van der Waals surface area contributed by atoms with E-state index >= 15 is 0 Å². The fourth-order valence-corrected chi connectivity index (χ4v) is 3.69. The molecule has 0 spiro atoms. The van der Waals surface area contributed by atoms with Crippen molar-refractivity contribution in [2.24, 2.45) is 0 Å². The van der Waals surface area contributed by atoms with Gasteiger partial charge in [-0.25, -0.2) is 4.98 Å². The van der Waals surface area contributed by atoms with E-state index in [1.807, 2.05) is 0 Å². The smallest absolute Gasteiger partial charge is 0.187 e. The van der Waals surface area contributed by atoms with Crippen molar-refractivity contribution in [3.63, 3.8) is 0 Å². The Balaban J connectivity index is 2.20. The molecule has 1 fully saturated rings. The summed E-state index contributed by atoms with van der Waals surface area (Å²) in [5, 5.41) is 1.61. The zero-order valence-electron chi connectivity index (χ0n) is 9.38. The second-order valence-corrected chi connectivity index (χ2v) is 5.92. The topological polar surface area (TPSA) is 16.1 Å². The van der Waals surface area contributed by atoms with Crippen molar-refractivity contribution in [2.75, 3.05) is 11.4 Å². The number of halogens is 2. The maximum Gasteiger partial charge on any atom is 0.187 e. The van der Waals surface area contributed by atoms with Gasteiger partial charge in [0.05, 0.1) is 10.8 Å². The van der Waals surface area contributed by atoms with Crippen LogP contribution >= 0.6 is 34.5 Å². The van der Waals surface area contributed by atoms with Gasteiger partial charge < -0.3 is 4.90 Å². The molecule has 2 heterocycles. The highest BCUT2D eigenvalue weighted by Crippen LogP contribution is 2.33. The summed E-state index contributed by atoms with van der Waals surface area (Å²) < 4.78 is 0. The molecule has 0 aromatic carbocycles. The first-order valence-electron chi connectivity index (χ1n) is 5.70. The minimum Gasteiger partial charge on any atom is -0.345 e. The molecule has 0 amide bonds. The highest BCUT2D eigenvalue weighted by atomic mass is 35.5. The first-order valence-corrected chi connectivity index (χ1v) is 7.43. The van der Waals surface area contributed by atoms with Gasteiger partial charge in [0.25, 0.3) is 0 Å². The van der Waals surface area contributed by atoms with E-state index < -0.39 is 0 Å². The van der Waals surface area contributed by atoms with Gasteiger partial charge in [-0.15, -0.1) is 11.6 Å². The first kappa shape index (κ1) is 12.5. The highest BCUT2D eigenvalue weighted by molar-refractivity contribution is 7.16. The Labute approximate surface area is 111 Å². The van der Waals surface area contributed by atoms with Crippen molar-refractivity contribution < 1.29 is 0 Å². The third kappa shape index (κ3) is 2.63. The van der Waals surface area contributed by atoms with Crippen LogP contribution in [0.5, 0.6) is 0 Å². The number of thiazole rings is 1. The lowest BCUT2D eigenvalue weighted by Gasteiger charge is -2.26. The Morgan fingerprint density at radius 1 is 1.44 bits per heavy atom. The van der Waals surface area contributed by atoms with Crippen LogP contribution < -0.4 is 4.90 Å². The minimum absolute atomic E-state index is 0.457. The molecule has 16 heavy (non-hydrogen) atoms. The van der Waals surface area contributed by atoms with Crippen molar-refractivity contribution in [1.82, 2.24) is 4.98 Å². The molecule has 1 aromatic rings. The molecule has 0 saturated carbocycles. The molecular weight excluding hydrogens is 263 g/mol. The predicted octanol–water partition coefficient (Wildman–Crippen LogP) is 4.30. The molecule has 0 bridgehead atoms. The van der Waals surface area contributed by atoms with Crippen LogP contribution in [0.2, 0.25) is 5.15 Å². The summed E-state index contributed by atoms with van der Waals surface area (Å²) in [6.07, 6.45) is 5.13. The average molecular weight is 279 g/mol. The number of aromatic nitrogens is 1. The summed E-state index contributed by atoms with van der Waals surface area (Å²) in [7, 11) is 0. The van der Waals surface area contributed by atoms with Gasteiger partial charge >= 0.3 is 0 Å². The van der Waals surface area contributed by atoms with Crippen LogP contribution in [0.1, 0.15) is 37.5 Å². The molecule has 1 aromatic heterocycles. The Bertz CT molecular complexity index is 354. The van der Waals surface area contributed by atoms with E-state index in [1.54, 1.807) is 11.3 Å². The SMILES string of the molecule is CC1CCCCCN1c1nc(Cl)c(CCl)s1. The number of nitrogens with zero attached hydrogens (tertiary/aromatic N) is 2. The van der Waals surface area contributed by atoms with E-state index in [0.717, 1.165) is 16.6 Å². The van der Waals surface area contributed by atoms with Crippen molar-refractivity contribution in [3.8, 4) is 0 Å². The number of hydrogen-bond acceptors (Lipinski definition) is 3. The van der Waals surface area contributed by atoms with E-state index in [0.29, 0.717) is 17.1 Å². The predicted molar refractivity (Wildman–Crippen MR) is 72.0 cm³/mol. The van der Waals surface area contributed by atoms with E-state index in [1.165, 1.54) is 25.7 Å². The van der Waals surface area contributed by atoms with Crippen LogP contribution in [0.25, 0.3) is 0 Å². The van der Waals surface area contributed by atoms with Gasteiger partial charge in [0.2, 0.25) is 0 Å². The fourth-order valence-electron chi connectivity index (χ4n) is 2.09. The number of anilines is 1. The Morgan fingerprint density at radius 3 is 2.94 bits per heavy atom. The second-order valence-electron chi connectivity index (χ2n) is 4.24. The number of hydrogen-bond donors (Lipinski definition) is 0. The van der Waals surface area contributed by atoms with Crippen molar-refractivity contribution in [3.05, 3.63) is 10.0 Å². The molecule has 0 N–H and O–H groups in total.